The fraction of sp³-hybridized carbons (Fsp3) is 0. The number of benzene rings is 1. The molecule has 1 heterocycles. The van der Waals surface area contributed by atoms with Gasteiger partial charge >= 0.3 is 5.97 Å². The van der Waals surface area contributed by atoms with Crippen LogP contribution < -0.4 is 0 Å². The van der Waals surface area contributed by atoms with Crippen molar-refractivity contribution in [2.24, 2.45) is 0 Å². The van der Waals surface area contributed by atoms with Crippen LogP contribution in [0.5, 0.6) is 5.75 Å². The van der Waals surface area contributed by atoms with Crippen molar-refractivity contribution in [3.05, 3.63) is 48.3 Å². The van der Waals surface area contributed by atoms with Crippen molar-refractivity contribution in [3.8, 4) is 16.9 Å². The molecular weight excluding hydrogens is 206 g/mol. The van der Waals surface area contributed by atoms with E-state index in [1.807, 2.05) is 0 Å². The third-order valence-electron chi connectivity index (χ3n) is 2.24. The van der Waals surface area contributed by atoms with Gasteiger partial charge < -0.3 is 10.2 Å². The molecule has 1 aromatic carbocycles. The zero-order chi connectivity index (χ0) is 11.5. The lowest BCUT2D eigenvalue weighted by molar-refractivity contribution is 0.0696. The lowest BCUT2D eigenvalue weighted by Gasteiger charge is -2.05. The van der Waals surface area contributed by atoms with E-state index in [0.29, 0.717) is 5.56 Å². The number of nitrogens with zero attached hydrogens (tertiary/aromatic N) is 1. The molecular formula is C12H9NO3. The highest BCUT2D eigenvalue weighted by Crippen LogP contribution is 2.29. The Bertz CT molecular complexity index is 523. The summed E-state index contributed by atoms with van der Waals surface area (Å²) >= 11 is 0. The number of phenolic OH excluding ortho intramolecular Hbond substituents is 1. The predicted molar refractivity (Wildman–Crippen MR) is 58.3 cm³/mol. The molecule has 0 spiro atoms. The van der Waals surface area contributed by atoms with Crippen LogP contribution in [0.3, 0.4) is 0 Å². The molecule has 2 N–H and O–H groups in total. The number of carbonyl (C=O) groups is 1. The van der Waals surface area contributed by atoms with Gasteiger partial charge in [0.25, 0.3) is 0 Å². The molecule has 0 aliphatic rings. The normalized spacial score (nSPS) is 10.0. The van der Waals surface area contributed by atoms with Crippen molar-refractivity contribution in [1.29, 1.82) is 0 Å². The number of carboxylic acids is 1. The van der Waals surface area contributed by atoms with Gasteiger partial charge in [-0.3, -0.25) is 4.98 Å². The monoisotopic (exact) mass is 215 g/mol. The van der Waals surface area contributed by atoms with Gasteiger partial charge in [0.05, 0.1) is 5.56 Å². The Morgan fingerprint density at radius 3 is 2.38 bits per heavy atom. The van der Waals surface area contributed by atoms with Gasteiger partial charge in [-0.1, -0.05) is 0 Å². The van der Waals surface area contributed by atoms with Crippen molar-refractivity contribution in [2.75, 3.05) is 0 Å². The maximum Gasteiger partial charge on any atom is 0.335 e. The Hall–Kier alpha value is -2.36. The molecule has 1 aromatic heterocycles. The summed E-state index contributed by atoms with van der Waals surface area (Å²) in [7, 11) is 0. The number of carboxylic acid groups (broad SMARTS) is 1. The van der Waals surface area contributed by atoms with Crippen LogP contribution in [0.2, 0.25) is 0 Å². The maximum atomic E-state index is 10.7. The van der Waals surface area contributed by atoms with E-state index in [0.717, 1.165) is 5.56 Å². The van der Waals surface area contributed by atoms with Crippen LogP contribution in [0.25, 0.3) is 11.1 Å². The van der Waals surface area contributed by atoms with Crippen LogP contribution >= 0.6 is 0 Å². The Morgan fingerprint density at radius 1 is 1.12 bits per heavy atom. The number of rotatable bonds is 2. The summed E-state index contributed by atoms with van der Waals surface area (Å²) in [5.41, 5.74) is 1.45. The topological polar surface area (TPSA) is 70.4 Å². The zero-order valence-electron chi connectivity index (χ0n) is 8.29. The number of aromatic carboxylic acids is 1. The summed E-state index contributed by atoms with van der Waals surface area (Å²) in [6.45, 7) is 0. The van der Waals surface area contributed by atoms with Crippen molar-refractivity contribution in [1.82, 2.24) is 4.98 Å². The molecule has 4 nitrogen and oxygen atoms in total. The molecule has 0 amide bonds. The Balaban J connectivity index is 2.48. The number of hydrogen-bond acceptors (Lipinski definition) is 3. The molecule has 2 rings (SSSR count). The van der Waals surface area contributed by atoms with E-state index in [9.17, 15) is 9.90 Å². The van der Waals surface area contributed by atoms with Crippen molar-refractivity contribution < 1.29 is 15.0 Å². The summed E-state index contributed by atoms with van der Waals surface area (Å²) in [5.74, 6) is -1.11. The minimum absolute atomic E-state index is 0.0499. The molecule has 0 aliphatic heterocycles. The van der Waals surface area contributed by atoms with E-state index in [1.54, 1.807) is 30.6 Å². The molecule has 0 radical (unpaired) electrons. The quantitative estimate of drug-likeness (QED) is 0.805. The van der Waals surface area contributed by atoms with Crippen LogP contribution in [-0.2, 0) is 0 Å². The van der Waals surface area contributed by atoms with Gasteiger partial charge in [-0.2, -0.15) is 0 Å². The highest BCUT2D eigenvalue weighted by molar-refractivity contribution is 5.89. The second kappa shape index (κ2) is 4.02. The summed E-state index contributed by atoms with van der Waals surface area (Å²) in [6.07, 6.45) is 3.22. The van der Waals surface area contributed by atoms with E-state index in [4.69, 9.17) is 5.11 Å². The average Bonchev–Trinajstić information content (AvgIpc) is 2.30. The number of phenols is 1. The second-order valence-electron chi connectivity index (χ2n) is 3.27. The van der Waals surface area contributed by atoms with Crippen molar-refractivity contribution >= 4 is 5.97 Å². The minimum atomic E-state index is -1.06. The zero-order valence-corrected chi connectivity index (χ0v) is 8.29. The Kier molecular flexibility index (Phi) is 2.55. The molecule has 0 atom stereocenters. The van der Waals surface area contributed by atoms with E-state index in [2.05, 4.69) is 4.98 Å². The van der Waals surface area contributed by atoms with Gasteiger partial charge in [-0.15, -0.1) is 0 Å². The molecule has 0 aliphatic carbocycles. The first-order valence-electron chi connectivity index (χ1n) is 4.65. The fourth-order valence-corrected chi connectivity index (χ4v) is 1.44. The SMILES string of the molecule is O=C(O)c1ccc(-c2ccncc2)c(O)c1. The van der Waals surface area contributed by atoms with Crippen LogP contribution in [0.1, 0.15) is 10.4 Å². The first-order valence-corrected chi connectivity index (χ1v) is 4.65. The Morgan fingerprint density at radius 2 is 1.81 bits per heavy atom. The summed E-state index contributed by atoms with van der Waals surface area (Å²) in [5, 5.41) is 18.5. The molecule has 0 saturated heterocycles. The van der Waals surface area contributed by atoms with Gasteiger partial charge in [0.1, 0.15) is 5.75 Å². The molecule has 0 fully saturated rings. The summed E-state index contributed by atoms with van der Waals surface area (Å²) in [6, 6.07) is 7.76. The Labute approximate surface area is 91.8 Å². The number of aromatic hydroxyl groups is 1. The highest BCUT2D eigenvalue weighted by Gasteiger charge is 2.08. The van der Waals surface area contributed by atoms with Crippen LogP contribution in [0.4, 0.5) is 0 Å². The lowest BCUT2D eigenvalue weighted by atomic mass is 10.0. The average molecular weight is 215 g/mol. The van der Waals surface area contributed by atoms with E-state index < -0.39 is 5.97 Å². The fourth-order valence-electron chi connectivity index (χ4n) is 1.44. The second-order valence-corrected chi connectivity index (χ2v) is 3.27. The first kappa shape index (κ1) is 10.2. The highest BCUT2D eigenvalue weighted by atomic mass is 16.4. The third-order valence-corrected chi connectivity index (χ3v) is 2.24. The smallest absolute Gasteiger partial charge is 0.335 e. The molecule has 0 saturated carbocycles. The molecule has 0 unspecified atom stereocenters. The van der Waals surface area contributed by atoms with E-state index >= 15 is 0 Å². The molecule has 16 heavy (non-hydrogen) atoms. The lowest BCUT2D eigenvalue weighted by Crippen LogP contribution is -1.95. The number of hydrogen-bond donors (Lipinski definition) is 2. The molecule has 80 valence electrons. The number of aromatic nitrogens is 1. The number of pyridine rings is 1. The van der Waals surface area contributed by atoms with Crippen LogP contribution in [0, 0.1) is 0 Å². The standard InChI is InChI=1S/C12H9NO3/c14-11-7-9(12(15)16)1-2-10(11)8-3-5-13-6-4-8/h1-7,14H,(H,15,16). The molecule has 0 bridgehead atoms. The first-order chi connectivity index (χ1) is 7.68. The van der Waals surface area contributed by atoms with Gasteiger partial charge in [-0.25, -0.2) is 4.79 Å². The van der Waals surface area contributed by atoms with Gasteiger partial charge in [0.15, 0.2) is 0 Å². The minimum Gasteiger partial charge on any atom is -0.507 e. The van der Waals surface area contributed by atoms with E-state index in [-0.39, 0.29) is 11.3 Å². The van der Waals surface area contributed by atoms with E-state index in [1.165, 1.54) is 12.1 Å². The van der Waals surface area contributed by atoms with Gasteiger partial charge in [0.2, 0.25) is 0 Å². The molecule has 2 aromatic rings. The van der Waals surface area contributed by atoms with Gasteiger partial charge in [0, 0.05) is 18.0 Å². The molecule has 4 heteroatoms. The predicted octanol–water partition coefficient (Wildman–Crippen LogP) is 2.15. The third kappa shape index (κ3) is 1.86. The van der Waals surface area contributed by atoms with Crippen LogP contribution in [-0.4, -0.2) is 21.2 Å². The largest absolute Gasteiger partial charge is 0.507 e. The maximum absolute atomic E-state index is 10.7. The van der Waals surface area contributed by atoms with Crippen molar-refractivity contribution in [3.63, 3.8) is 0 Å². The van der Waals surface area contributed by atoms with Gasteiger partial charge in [-0.05, 0) is 35.9 Å². The summed E-state index contributed by atoms with van der Waals surface area (Å²) in [4.78, 5) is 14.6. The van der Waals surface area contributed by atoms with Crippen molar-refractivity contribution in [2.45, 2.75) is 0 Å². The van der Waals surface area contributed by atoms with Crippen LogP contribution in [0.15, 0.2) is 42.7 Å². The summed E-state index contributed by atoms with van der Waals surface area (Å²) < 4.78 is 0.